The molecule has 1 aliphatic carbocycles. The second-order valence-corrected chi connectivity index (χ2v) is 6.01. The van der Waals surface area contributed by atoms with E-state index >= 15 is 0 Å². The van der Waals surface area contributed by atoms with Crippen LogP contribution in [0.5, 0.6) is 0 Å². The van der Waals surface area contributed by atoms with E-state index in [4.69, 9.17) is 0 Å². The first kappa shape index (κ1) is 14.9. The Hall–Kier alpha value is -1.55. The summed E-state index contributed by atoms with van der Waals surface area (Å²) >= 11 is 0. The van der Waals surface area contributed by atoms with Crippen molar-refractivity contribution < 1.29 is 9.90 Å². The van der Waals surface area contributed by atoms with Gasteiger partial charge in [0.2, 0.25) is 0 Å². The molecule has 1 aromatic rings. The lowest BCUT2D eigenvalue weighted by Crippen LogP contribution is -2.40. The van der Waals surface area contributed by atoms with Crippen LogP contribution < -0.4 is 10.6 Å². The third kappa shape index (κ3) is 4.23. The van der Waals surface area contributed by atoms with Crippen molar-refractivity contribution in [2.45, 2.75) is 33.1 Å². The van der Waals surface area contributed by atoms with Crippen LogP contribution in [0.25, 0.3) is 0 Å². The van der Waals surface area contributed by atoms with Crippen LogP contribution in [0.1, 0.15) is 29.5 Å². The largest absolute Gasteiger partial charge is 0.396 e. The standard InChI is InChI=1S/C16H24N2O2/c1-12-7-13(2)9-14(8-12)3-6-17-15(20)18-10-16(11-19)4-5-16/h7-9,19H,3-6,10-11H2,1-2H3,(H2,17,18,20). The van der Waals surface area contributed by atoms with Gasteiger partial charge in [0.25, 0.3) is 0 Å². The molecule has 2 amide bonds. The molecule has 2 rings (SSSR count). The molecule has 1 aliphatic rings. The third-order valence-corrected chi connectivity index (χ3v) is 3.90. The lowest BCUT2D eigenvalue weighted by atomic mass is 10.1. The van der Waals surface area contributed by atoms with Crippen LogP contribution in [-0.2, 0) is 6.42 Å². The first-order chi connectivity index (χ1) is 9.53. The summed E-state index contributed by atoms with van der Waals surface area (Å²) in [5, 5.41) is 14.9. The second kappa shape index (κ2) is 6.27. The topological polar surface area (TPSA) is 61.4 Å². The molecule has 0 aromatic heterocycles. The minimum absolute atomic E-state index is 0.0367. The van der Waals surface area contributed by atoms with Gasteiger partial charge < -0.3 is 15.7 Å². The van der Waals surface area contributed by atoms with Crippen LogP contribution in [-0.4, -0.2) is 30.8 Å². The van der Waals surface area contributed by atoms with E-state index in [9.17, 15) is 9.90 Å². The molecule has 1 saturated carbocycles. The number of amides is 2. The van der Waals surface area contributed by atoms with Crippen LogP contribution >= 0.6 is 0 Å². The van der Waals surface area contributed by atoms with E-state index in [1.165, 1.54) is 16.7 Å². The van der Waals surface area contributed by atoms with Crippen molar-refractivity contribution in [3.8, 4) is 0 Å². The molecular formula is C16H24N2O2. The number of benzene rings is 1. The van der Waals surface area contributed by atoms with Crippen molar-refractivity contribution in [3.05, 3.63) is 34.9 Å². The predicted octanol–water partition coefficient (Wildman–Crippen LogP) is 1.92. The molecule has 0 aliphatic heterocycles. The molecule has 3 N–H and O–H groups in total. The molecule has 0 radical (unpaired) electrons. The first-order valence-corrected chi connectivity index (χ1v) is 7.23. The summed E-state index contributed by atoms with van der Waals surface area (Å²) in [5.74, 6) is 0. The van der Waals surface area contributed by atoms with Crippen LogP contribution in [0.15, 0.2) is 18.2 Å². The Bertz CT molecular complexity index is 461. The van der Waals surface area contributed by atoms with Gasteiger partial charge in [-0.25, -0.2) is 4.79 Å². The molecule has 110 valence electrons. The maximum absolute atomic E-state index is 11.7. The molecule has 1 fully saturated rings. The zero-order chi connectivity index (χ0) is 14.6. The highest BCUT2D eigenvalue weighted by molar-refractivity contribution is 5.73. The number of aliphatic hydroxyl groups is 1. The molecule has 0 saturated heterocycles. The highest BCUT2D eigenvalue weighted by atomic mass is 16.3. The summed E-state index contributed by atoms with van der Waals surface area (Å²) in [5.41, 5.74) is 3.72. The number of aliphatic hydroxyl groups excluding tert-OH is 1. The summed E-state index contributed by atoms with van der Waals surface area (Å²) in [6.07, 6.45) is 2.85. The Balaban J connectivity index is 1.68. The average Bonchev–Trinajstić information content (AvgIpc) is 3.16. The first-order valence-electron chi connectivity index (χ1n) is 7.23. The Kier molecular flexibility index (Phi) is 4.65. The fraction of sp³-hybridized carbons (Fsp3) is 0.562. The van der Waals surface area contributed by atoms with Crippen LogP contribution in [0.4, 0.5) is 4.79 Å². The van der Waals surface area contributed by atoms with E-state index < -0.39 is 0 Å². The molecule has 4 heteroatoms. The smallest absolute Gasteiger partial charge is 0.314 e. The minimum Gasteiger partial charge on any atom is -0.396 e. The zero-order valence-electron chi connectivity index (χ0n) is 12.3. The monoisotopic (exact) mass is 276 g/mol. The van der Waals surface area contributed by atoms with Gasteiger partial charge in [0.05, 0.1) is 6.61 Å². The molecule has 0 bridgehead atoms. The van der Waals surface area contributed by atoms with E-state index in [-0.39, 0.29) is 18.1 Å². The quantitative estimate of drug-likeness (QED) is 0.743. The van der Waals surface area contributed by atoms with Crippen LogP contribution in [0.3, 0.4) is 0 Å². The lowest BCUT2D eigenvalue weighted by Gasteiger charge is -2.13. The van der Waals surface area contributed by atoms with Crippen molar-refractivity contribution >= 4 is 6.03 Å². The molecule has 0 unspecified atom stereocenters. The highest BCUT2D eigenvalue weighted by Crippen LogP contribution is 2.44. The molecule has 1 aromatic carbocycles. The van der Waals surface area contributed by atoms with E-state index in [0.29, 0.717) is 13.1 Å². The number of aryl methyl sites for hydroxylation is 2. The molecule has 20 heavy (non-hydrogen) atoms. The van der Waals surface area contributed by atoms with Gasteiger partial charge in [-0.15, -0.1) is 0 Å². The van der Waals surface area contributed by atoms with Crippen molar-refractivity contribution in [1.29, 1.82) is 0 Å². The maximum atomic E-state index is 11.7. The number of carbonyl (C=O) groups excluding carboxylic acids is 1. The Morgan fingerprint density at radius 3 is 2.40 bits per heavy atom. The zero-order valence-corrected chi connectivity index (χ0v) is 12.3. The summed E-state index contributed by atoms with van der Waals surface area (Å²) in [4.78, 5) is 11.7. The fourth-order valence-electron chi connectivity index (χ4n) is 2.43. The number of rotatable bonds is 6. The third-order valence-electron chi connectivity index (χ3n) is 3.90. The number of nitrogens with one attached hydrogen (secondary N) is 2. The van der Waals surface area contributed by atoms with Gasteiger partial charge in [-0.05, 0) is 38.7 Å². The van der Waals surface area contributed by atoms with Gasteiger partial charge in [-0.2, -0.15) is 0 Å². The van der Waals surface area contributed by atoms with Gasteiger partial charge in [0.15, 0.2) is 0 Å². The minimum atomic E-state index is -0.144. The maximum Gasteiger partial charge on any atom is 0.314 e. The molecule has 4 nitrogen and oxygen atoms in total. The lowest BCUT2D eigenvalue weighted by molar-refractivity contribution is 0.203. The van der Waals surface area contributed by atoms with Gasteiger partial charge >= 0.3 is 6.03 Å². The summed E-state index contributed by atoms with van der Waals surface area (Å²) < 4.78 is 0. The van der Waals surface area contributed by atoms with Crippen molar-refractivity contribution in [3.63, 3.8) is 0 Å². The second-order valence-electron chi connectivity index (χ2n) is 6.01. The number of urea groups is 1. The number of hydrogen-bond acceptors (Lipinski definition) is 2. The Morgan fingerprint density at radius 2 is 1.85 bits per heavy atom. The summed E-state index contributed by atoms with van der Waals surface area (Å²) in [6, 6.07) is 6.30. The van der Waals surface area contributed by atoms with Gasteiger partial charge in [-0.3, -0.25) is 0 Å². The summed E-state index contributed by atoms with van der Waals surface area (Å²) in [7, 11) is 0. The molecule has 0 spiro atoms. The van der Waals surface area contributed by atoms with E-state index in [2.05, 4.69) is 42.7 Å². The van der Waals surface area contributed by atoms with Crippen LogP contribution in [0, 0.1) is 19.3 Å². The van der Waals surface area contributed by atoms with Crippen molar-refractivity contribution in [2.75, 3.05) is 19.7 Å². The van der Waals surface area contributed by atoms with E-state index in [1.54, 1.807) is 0 Å². The van der Waals surface area contributed by atoms with E-state index in [1.807, 2.05) is 0 Å². The van der Waals surface area contributed by atoms with Gasteiger partial charge in [-0.1, -0.05) is 29.3 Å². The number of carbonyl (C=O) groups is 1. The Labute approximate surface area is 120 Å². The molecule has 0 heterocycles. The molecular weight excluding hydrogens is 252 g/mol. The molecule has 0 atom stereocenters. The van der Waals surface area contributed by atoms with Gasteiger partial charge in [0, 0.05) is 18.5 Å². The Morgan fingerprint density at radius 1 is 1.20 bits per heavy atom. The average molecular weight is 276 g/mol. The van der Waals surface area contributed by atoms with Crippen LogP contribution in [0.2, 0.25) is 0 Å². The predicted molar refractivity (Wildman–Crippen MR) is 79.8 cm³/mol. The van der Waals surface area contributed by atoms with E-state index in [0.717, 1.165) is 19.3 Å². The normalized spacial score (nSPS) is 15.8. The summed E-state index contributed by atoms with van der Waals surface area (Å²) in [6.45, 7) is 5.52. The number of hydrogen-bond donors (Lipinski definition) is 3. The SMILES string of the molecule is Cc1cc(C)cc(CCNC(=O)NCC2(CO)CC2)c1. The van der Waals surface area contributed by atoms with Gasteiger partial charge in [0.1, 0.15) is 0 Å². The highest BCUT2D eigenvalue weighted by Gasteiger charge is 2.41. The van der Waals surface area contributed by atoms with Crippen molar-refractivity contribution in [2.24, 2.45) is 5.41 Å². The van der Waals surface area contributed by atoms with Crippen molar-refractivity contribution in [1.82, 2.24) is 10.6 Å². The fourth-order valence-corrected chi connectivity index (χ4v) is 2.43.